The first-order valence-electron chi connectivity index (χ1n) is 14.6. The van der Waals surface area contributed by atoms with Gasteiger partial charge in [-0.15, -0.1) is 0 Å². The van der Waals surface area contributed by atoms with Crippen molar-refractivity contribution in [1.29, 1.82) is 0 Å². The summed E-state index contributed by atoms with van der Waals surface area (Å²) >= 11 is 0. The van der Waals surface area contributed by atoms with Gasteiger partial charge < -0.3 is 4.90 Å². The van der Waals surface area contributed by atoms with Gasteiger partial charge in [-0.05, 0) is 48.5 Å². The molecule has 0 spiro atoms. The van der Waals surface area contributed by atoms with E-state index >= 15 is 0 Å². The van der Waals surface area contributed by atoms with E-state index in [1.54, 1.807) is 0 Å². The maximum Gasteiger partial charge on any atom is 0.238 e. The molecule has 208 valence electrons. The van der Waals surface area contributed by atoms with Crippen LogP contribution in [-0.4, -0.2) is 19.5 Å². The second-order valence-electron chi connectivity index (χ2n) is 10.6. The predicted octanol–water partition coefficient (Wildman–Crippen LogP) is 9.77. The van der Waals surface area contributed by atoms with Crippen molar-refractivity contribution in [3.05, 3.63) is 164 Å². The summed E-state index contributed by atoms with van der Waals surface area (Å²) < 4.78 is 2.16. The smallest absolute Gasteiger partial charge is 0.238 e. The number of nitrogens with zero attached hydrogens (tertiary/aromatic N) is 5. The van der Waals surface area contributed by atoms with Crippen LogP contribution in [0.2, 0.25) is 0 Å². The highest BCUT2D eigenvalue weighted by Gasteiger charge is 2.20. The van der Waals surface area contributed by atoms with E-state index in [0.717, 1.165) is 50.0 Å². The van der Waals surface area contributed by atoms with E-state index in [1.165, 1.54) is 0 Å². The number of rotatable bonds is 6. The van der Waals surface area contributed by atoms with Crippen LogP contribution in [0.5, 0.6) is 0 Å². The van der Waals surface area contributed by atoms with Crippen LogP contribution >= 0.6 is 0 Å². The SMILES string of the molecule is c1ccc(-c2nc(-c3ccccc3)nc(-n3c4ccccc4c4cc(N(c5ccccc5)c5ccccc5)ccc43)n2)cc1. The van der Waals surface area contributed by atoms with Crippen molar-refractivity contribution in [3.8, 4) is 28.7 Å². The molecule has 0 aliphatic carbocycles. The highest BCUT2D eigenvalue weighted by atomic mass is 15.2. The first-order valence-corrected chi connectivity index (χ1v) is 14.6. The molecule has 0 aliphatic rings. The molecule has 0 aliphatic heterocycles. The van der Waals surface area contributed by atoms with Crippen LogP contribution in [0.15, 0.2) is 164 Å². The summed E-state index contributed by atoms with van der Waals surface area (Å²) in [7, 11) is 0. The van der Waals surface area contributed by atoms with Crippen molar-refractivity contribution in [2.45, 2.75) is 0 Å². The van der Waals surface area contributed by atoms with E-state index in [0.29, 0.717) is 17.6 Å². The maximum atomic E-state index is 5.05. The largest absolute Gasteiger partial charge is 0.310 e. The van der Waals surface area contributed by atoms with Crippen molar-refractivity contribution in [2.24, 2.45) is 0 Å². The van der Waals surface area contributed by atoms with Crippen molar-refractivity contribution in [1.82, 2.24) is 19.5 Å². The Morgan fingerprint density at radius 1 is 0.386 bits per heavy atom. The molecule has 5 heteroatoms. The summed E-state index contributed by atoms with van der Waals surface area (Å²) in [6, 6.07) is 56.2. The summed E-state index contributed by atoms with van der Waals surface area (Å²) in [6.07, 6.45) is 0. The zero-order valence-corrected chi connectivity index (χ0v) is 23.8. The van der Waals surface area contributed by atoms with Crippen molar-refractivity contribution >= 4 is 38.9 Å². The molecule has 0 radical (unpaired) electrons. The van der Waals surface area contributed by atoms with Gasteiger partial charge in [-0.1, -0.05) is 115 Å². The number of hydrogen-bond donors (Lipinski definition) is 0. The normalized spacial score (nSPS) is 11.2. The second-order valence-corrected chi connectivity index (χ2v) is 10.6. The molecule has 8 rings (SSSR count). The third-order valence-corrected chi connectivity index (χ3v) is 7.83. The zero-order chi connectivity index (χ0) is 29.3. The minimum atomic E-state index is 0.583. The highest BCUT2D eigenvalue weighted by Crippen LogP contribution is 2.39. The van der Waals surface area contributed by atoms with Crippen LogP contribution in [0.4, 0.5) is 17.1 Å². The molecule has 0 saturated carbocycles. The summed E-state index contributed by atoms with van der Waals surface area (Å²) in [4.78, 5) is 17.3. The first kappa shape index (κ1) is 25.6. The molecule has 0 bridgehead atoms. The van der Waals surface area contributed by atoms with E-state index in [1.807, 2.05) is 72.8 Å². The minimum absolute atomic E-state index is 0.583. The van der Waals surface area contributed by atoms with Gasteiger partial charge in [-0.2, -0.15) is 9.97 Å². The van der Waals surface area contributed by atoms with E-state index in [2.05, 4.69) is 100 Å². The molecular formula is C39H27N5. The van der Waals surface area contributed by atoms with Gasteiger partial charge >= 0.3 is 0 Å². The van der Waals surface area contributed by atoms with E-state index in [-0.39, 0.29) is 0 Å². The molecule has 2 aromatic heterocycles. The lowest BCUT2D eigenvalue weighted by Gasteiger charge is -2.25. The second kappa shape index (κ2) is 11.0. The van der Waals surface area contributed by atoms with Crippen LogP contribution in [0.25, 0.3) is 50.5 Å². The molecular weight excluding hydrogens is 538 g/mol. The fourth-order valence-electron chi connectivity index (χ4n) is 5.81. The standard InChI is InChI=1S/C39H27N5/c1-5-15-28(16-6-1)37-40-38(29-17-7-2-8-18-29)42-39(41-37)44-35-24-14-13-23-33(35)34-27-32(25-26-36(34)44)43(30-19-9-3-10-20-30)31-21-11-4-12-22-31/h1-27H. The van der Waals surface area contributed by atoms with Crippen molar-refractivity contribution in [2.75, 3.05) is 4.90 Å². The molecule has 2 heterocycles. The Balaban J connectivity index is 1.37. The number of anilines is 3. The molecule has 0 fully saturated rings. The van der Waals surface area contributed by atoms with Crippen LogP contribution in [0, 0.1) is 0 Å². The van der Waals surface area contributed by atoms with Gasteiger partial charge in [0.05, 0.1) is 11.0 Å². The van der Waals surface area contributed by atoms with Crippen molar-refractivity contribution < 1.29 is 0 Å². The zero-order valence-electron chi connectivity index (χ0n) is 23.8. The highest BCUT2D eigenvalue weighted by molar-refractivity contribution is 6.10. The lowest BCUT2D eigenvalue weighted by Crippen LogP contribution is -2.09. The maximum absolute atomic E-state index is 5.05. The van der Waals surface area contributed by atoms with E-state index in [4.69, 9.17) is 15.0 Å². The summed E-state index contributed by atoms with van der Waals surface area (Å²) in [5, 5.41) is 2.26. The Morgan fingerprint density at radius 3 is 1.43 bits per heavy atom. The van der Waals surface area contributed by atoms with Crippen LogP contribution in [0.1, 0.15) is 0 Å². The summed E-state index contributed by atoms with van der Waals surface area (Å²) in [6.45, 7) is 0. The molecule has 44 heavy (non-hydrogen) atoms. The van der Waals surface area contributed by atoms with Gasteiger partial charge in [0.2, 0.25) is 5.95 Å². The van der Waals surface area contributed by atoms with E-state index < -0.39 is 0 Å². The molecule has 6 aromatic carbocycles. The summed E-state index contributed by atoms with van der Waals surface area (Å²) in [5.74, 6) is 1.85. The Hall–Kier alpha value is -6.07. The van der Waals surface area contributed by atoms with Crippen LogP contribution in [0.3, 0.4) is 0 Å². The number of benzene rings is 6. The summed E-state index contributed by atoms with van der Waals surface area (Å²) in [5.41, 5.74) is 7.22. The Morgan fingerprint density at radius 2 is 0.864 bits per heavy atom. The molecule has 0 saturated heterocycles. The average Bonchev–Trinajstić information content (AvgIpc) is 3.44. The predicted molar refractivity (Wildman–Crippen MR) is 180 cm³/mol. The molecule has 8 aromatic rings. The first-order chi connectivity index (χ1) is 21.8. The Labute approximate surface area is 255 Å². The quantitative estimate of drug-likeness (QED) is 0.201. The fraction of sp³-hybridized carbons (Fsp3) is 0. The lowest BCUT2D eigenvalue weighted by molar-refractivity contribution is 0.953. The van der Waals surface area contributed by atoms with Gasteiger partial charge in [-0.25, -0.2) is 4.98 Å². The number of aromatic nitrogens is 4. The molecule has 0 amide bonds. The van der Waals surface area contributed by atoms with Crippen molar-refractivity contribution in [3.63, 3.8) is 0 Å². The van der Waals surface area contributed by atoms with Gasteiger partial charge in [-0.3, -0.25) is 4.57 Å². The molecule has 0 unspecified atom stereocenters. The van der Waals surface area contributed by atoms with E-state index in [9.17, 15) is 0 Å². The molecule has 0 N–H and O–H groups in total. The molecule has 5 nitrogen and oxygen atoms in total. The average molecular weight is 566 g/mol. The third kappa shape index (κ3) is 4.57. The lowest BCUT2D eigenvalue weighted by atomic mass is 10.1. The Kier molecular flexibility index (Phi) is 6.39. The monoisotopic (exact) mass is 565 g/mol. The number of fused-ring (bicyclic) bond motifs is 3. The number of para-hydroxylation sites is 3. The molecule has 0 atom stereocenters. The van der Waals surface area contributed by atoms with Gasteiger partial charge in [0.15, 0.2) is 11.6 Å². The van der Waals surface area contributed by atoms with Crippen LogP contribution in [-0.2, 0) is 0 Å². The number of hydrogen-bond acceptors (Lipinski definition) is 4. The minimum Gasteiger partial charge on any atom is -0.310 e. The topological polar surface area (TPSA) is 46.8 Å². The van der Waals surface area contributed by atoms with Gasteiger partial charge in [0, 0.05) is 39.0 Å². The van der Waals surface area contributed by atoms with Gasteiger partial charge in [0.25, 0.3) is 0 Å². The fourth-order valence-corrected chi connectivity index (χ4v) is 5.81. The van der Waals surface area contributed by atoms with Crippen LogP contribution < -0.4 is 4.90 Å². The van der Waals surface area contributed by atoms with Gasteiger partial charge in [0.1, 0.15) is 0 Å². The Bertz CT molecular complexity index is 2110. The third-order valence-electron chi connectivity index (χ3n) is 7.83.